The second-order valence-electron chi connectivity index (χ2n) is 6.79. The van der Waals surface area contributed by atoms with Crippen molar-refractivity contribution in [1.82, 2.24) is 19.5 Å². The molecule has 12 heteroatoms. The first kappa shape index (κ1) is 20.9. The van der Waals surface area contributed by atoms with Crippen LogP contribution in [0.15, 0.2) is 36.9 Å². The fourth-order valence-electron chi connectivity index (χ4n) is 3.08. The molecule has 4 rings (SSSR count). The highest BCUT2D eigenvalue weighted by atomic mass is 35.5. The number of rotatable bonds is 6. The molecule has 162 valence electrons. The molecule has 1 aromatic carbocycles. The molecular weight excluding hydrogens is 437 g/mol. The Morgan fingerprint density at radius 3 is 2.87 bits per heavy atom. The number of carbonyl (C=O) groups is 1. The molecule has 1 aliphatic heterocycles. The third kappa shape index (κ3) is 4.13. The minimum atomic E-state index is -0.966. The Morgan fingerprint density at radius 2 is 2.13 bits per heavy atom. The average Bonchev–Trinajstić information content (AvgIpc) is 3.36. The minimum Gasteiger partial charge on any atom is -0.447 e. The van der Waals surface area contributed by atoms with E-state index in [1.807, 2.05) is 0 Å². The third-order valence-electron chi connectivity index (χ3n) is 4.67. The van der Waals surface area contributed by atoms with Crippen LogP contribution in [0.4, 0.5) is 29.7 Å². The zero-order valence-corrected chi connectivity index (χ0v) is 16.9. The molecule has 2 aromatic heterocycles. The predicted molar refractivity (Wildman–Crippen MR) is 106 cm³/mol. The third-order valence-corrected chi connectivity index (χ3v) is 4.91. The molecule has 1 aliphatic rings. The summed E-state index contributed by atoms with van der Waals surface area (Å²) in [4.78, 5) is 24.8. The van der Waals surface area contributed by atoms with E-state index in [4.69, 9.17) is 16.3 Å². The van der Waals surface area contributed by atoms with Crippen LogP contribution in [-0.2, 0) is 4.74 Å². The van der Waals surface area contributed by atoms with Crippen LogP contribution < -0.4 is 10.2 Å². The molecule has 0 saturated carbocycles. The van der Waals surface area contributed by atoms with Crippen molar-refractivity contribution < 1.29 is 22.7 Å². The molecule has 1 saturated heterocycles. The lowest BCUT2D eigenvalue weighted by Gasteiger charge is -2.19. The number of ether oxygens (including phenoxy) is 1. The van der Waals surface area contributed by atoms with Gasteiger partial charge in [-0.25, -0.2) is 32.8 Å². The van der Waals surface area contributed by atoms with E-state index in [1.54, 1.807) is 19.2 Å². The number of amides is 1. The summed E-state index contributed by atoms with van der Waals surface area (Å²) in [5, 5.41) is 3.21. The highest BCUT2D eigenvalue weighted by molar-refractivity contribution is 6.30. The number of hydrogen-bond acceptors (Lipinski definition) is 6. The number of alkyl halides is 1. The van der Waals surface area contributed by atoms with Gasteiger partial charge in [-0.15, -0.1) is 0 Å². The van der Waals surface area contributed by atoms with Crippen molar-refractivity contribution >= 4 is 29.5 Å². The number of benzene rings is 1. The fraction of sp³-hybridized carbons (Fsp3) is 0.263. The van der Waals surface area contributed by atoms with E-state index in [0.29, 0.717) is 5.69 Å². The number of imidazole rings is 1. The van der Waals surface area contributed by atoms with Crippen LogP contribution in [0.1, 0.15) is 18.7 Å². The standard InChI is InChI=1S/C19H16ClF3N6O2/c1-10(15-7-28(9-25-15)16-3-2-11(20)4-13(16)22)26-18-24-6-14(23)17(27-18)29-12(5-21)8-31-19(29)30/h2-4,6-7,9-10,12H,5,8H2,1H3,(H,24,26,27)/t10-,12?/m0/s1. The summed E-state index contributed by atoms with van der Waals surface area (Å²) in [6.45, 7) is 0.634. The van der Waals surface area contributed by atoms with Gasteiger partial charge in [-0.3, -0.25) is 0 Å². The highest BCUT2D eigenvalue weighted by Gasteiger charge is 2.37. The molecule has 1 amide bonds. The predicted octanol–water partition coefficient (Wildman–Crippen LogP) is 4.06. The Balaban J connectivity index is 1.55. The summed E-state index contributed by atoms with van der Waals surface area (Å²) in [6, 6.07) is 2.85. The number of nitrogens with one attached hydrogen (secondary N) is 1. The van der Waals surface area contributed by atoms with Crippen LogP contribution in [0.25, 0.3) is 5.69 Å². The highest BCUT2D eigenvalue weighted by Crippen LogP contribution is 2.26. The van der Waals surface area contributed by atoms with Gasteiger partial charge in [0.1, 0.15) is 25.1 Å². The van der Waals surface area contributed by atoms with Gasteiger partial charge in [0.15, 0.2) is 11.6 Å². The van der Waals surface area contributed by atoms with Gasteiger partial charge in [0.2, 0.25) is 5.95 Å². The summed E-state index contributed by atoms with van der Waals surface area (Å²) >= 11 is 5.78. The molecule has 2 atom stereocenters. The number of cyclic esters (lactones) is 1. The molecular formula is C19H16ClF3N6O2. The number of carbonyl (C=O) groups excluding carboxylic acids is 1. The van der Waals surface area contributed by atoms with Gasteiger partial charge >= 0.3 is 6.09 Å². The summed E-state index contributed by atoms with van der Waals surface area (Å²) in [5.74, 6) is -1.79. The fourth-order valence-corrected chi connectivity index (χ4v) is 3.24. The van der Waals surface area contributed by atoms with E-state index < -0.39 is 36.5 Å². The largest absolute Gasteiger partial charge is 0.447 e. The van der Waals surface area contributed by atoms with Crippen molar-refractivity contribution in [3.63, 3.8) is 0 Å². The molecule has 1 N–H and O–H groups in total. The van der Waals surface area contributed by atoms with Gasteiger partial charge in [-0.2, -0.15) is 4.98 Å². The first-order valence-electron chi connectivity index (χ1n) is 9.17. The maximum atomic E-state index is 14.2. The number of halogens is 4. The van der Waals surface area contributed by atoms with Crippen LogP contribution in [0.2, 0.25) is 5.02 Å². The zero-order valence-electron chi connectivity index (χ0n) is 16.1. The van der Waals surface area contributed by atoms with Crippen LogP contribution in [-0.4, -0.2) is 44.9 Å². The maximum Gasteiger partial charge on any atom is 0.416 e. The number of hydrogen-bond donors (Lipinski definition) is 1. The molecule has 3 heterocycles. The van der Waals surface area contributed by atoms with Crippen molar-refractivity contribution in [3.8, 4) is 5.69 Å². The zero-order chi connectivity index (χ0) is 22.1. The molecule has 0 aliphatic carbocycles. The summed E-state index contributed by atoms with van der Waals surface area (Å²) < 4.78 is 47.8. The number of anilines is 2. The lowest BCUT2D eigenvalue weighted by molar-refractivity contribution is 0.177. The Hall–Kier alpha value is -3.34. The second kappa shape index (κ2) is 8.42. The van der Waals surface area contributed by atoms with Crippen molar-refractivity contribution in [2.45, 2.75) is 19.0 Å². The van der Waals surface area contributed by atoms with Crippen molar-refractivity contribution in [2.75, 3.05) is 23.5 Å². The van der Waals surface area contributed by atoms with Gasteiger partial charge in [0.05, 0.1) is 29.9 Å². The lowest BCUT2D eigenvalue weighted by atomic mass is 10.2. The lowest BCUT2D eigenvalue weighted by Crippen LogP contribution is -2.36. The molecule has 1 unspecified atom stereocenters. The normalized spacial score (nSPS) is 17.0. The Labute approximate surface area is 179 Å². The smallest absolute Gasteiger partial charge is 0.416 e. The van der Waals surface area contributed by atoms with Gasteiger partial charge < -0.3 is 14.6 Å². The van der Waals surface area contributed by atoms with E-state index >= 15 is 0 Å². The van der Waals surface area contributed by atoms with Crippen LogP contribution >= 0.6 is 11.6 Å². The maximum absolute atomic E-state index is 14.2. The average molecular weight is 453 g/mol. The molecule has 0 spiro atoms. The molecule has 0 bridgehead atoms. The summed E-state index contributed by atoms with van der Waals surface area (Å²) in [5.41, 5.74) is 0.784. The molecule has 3 aromatic rings. The van der Waals surface area contributed by atoms with Gasteiger partial charge in [-0.05, 0) is 25.1 Å². The van der Waals surface area contributed by atoms with E-state index in [9.17, 15) is 18.0 Å². The Kier molecular flexibility index (Phi) is 5.68. The van der Waals surface area contributed by atoms with Crippen molar-refractivity contribution in [2.24, 2.45) is 0 Å². The molecule has 8 nitrogen and oxygen atoms in total. The summed E-state index contributed by atoms with van der Waals surface area (Å²) in [6.07, 6.45) is 3.02. The Morgan fingerprint density at radius 1 is 1.32 bits per heavy atom. The van der Waals surface area contributed by atoms with Gasteiger partial charge in [-0.1, -0.05) is 11.6 Å². The molecule has 0 radical (unpaired) electrons. The summed E-state index contributed by atoms with van der Waals surface area (Å²) in [7, 11) is 0. The van der Waals surface area contributed by atoms with Crippen molar-refractivity contribution in [1.29, 1.82) is 0 Å². The first-order chi connectivity index (χ1) is 14.9. The minimum absolute atomic E-state index is 0.00608. The van der Waals surface area contributed by atoms with Crippen LogP contribution in [0.3, 0.4) is 0 Å². The van der Waals surface area contributed by atoms with Gasteiger partial charge in [0, 0.05) is 11.2 Å². The van der Waals surface area contributed by atoms with E-state index in [1.165, 1.54) is 23.0 Å². The number of nitrogens with zero attached hydrogens (tertiary/aromatic N) is 5. The SMILES string of the molecule is C[C@H](Nc1ncc(F)c(N2C(=O)OCC2CF)n1)c1cn(-c2ccc(Cl)cc2F)cn1. The van der Waals surface area contributed by atoms with E-state index in [2.05, 4.69) is 20.3 Å². The van der Waals surface area contributed by atoms with Crippen molar-refractivity contribution in [3.05, 3.63) is 59.3 Å². The van der Waals surface area contributed by atoms with E-state index in [-0.39, 0.29) is 29.1 Å². The monoisotopic (exact) mass is 452 g/mol. The first-order valence-corrected chi connectivity index (χ1v) is 9.55. The van der Waals surface area contributed by atoms with E-state index in [0.717, 1.165) is 11.1 Å². The van der Waals surface area contributed by atoms with Crippen LogP contribution in [0, 0.1) is 11.6 Å². The van der Waals surface area contributed by atoms with Gasteiger partial charge in [0.25, 0.3) is 0 Å². The Bertz CT molecular complexity index is 1130. The quantitative estimate of drug-likeness (QED) is 0.607. The number of aromatic nitrogens is 4. The second-order valence-corrected chi connectivity index (χ2v) is 7.22. The van der Waals surface area contributed by atoms with Crippen LogP contribution in [0.5, 0.6) is 0 Å². The molecule has 31 heavy (non-hydrogen) atoms. The topological polar surface area (TPSA) is 85.2 Å². The molecule has 1 fully saturated rings.